The van der Waals surface area contributed by atoms with Gasteiger partial charge in [0.05, 0.1) is 17.6 Å². The molecule has 19 heavy (non-hydrogen) atoms. The van der Waals surface area contributed by atoms with Crippen molar-refractivity contribution in [3.05, 3.63) is 35.6 Å². The first-order valence-electron chi connectivity index (χ1n) is 6.33. The molecule has 106 valence electrons. The molecule has 1 saturated heterocycles. The fraction of sp³-hybridized carbons (Fsp3) is 0.538. The van der Waals surface area contributed by atoms with E-state index in [1.807, 2.05) is 4.90 Å². The summed E-state index contributed by atoms with van der Waals surface area (Å²) in [4.78, 5) is 1.99. The lowest BCUT2D eigenvalue weighted by Gasteiger charge is -2.27. The van der Waals surface area contributed by atoms with Crippen LogP contribution in [0.5, 0.6) is 0 Å². The zero-order chi connectivity index (χ0) is 13.9. The highest BCUT2D eigenvalue weighted by Crippen LogP contribution is 2.20. The van der Waals surface area contributed by atoms with Gasteiger partial charge in [-0.25, -0.2) is 12.8 Å². The molecule has 0 amide bonds. The van der Waals surface area contributed by atoms with E-state index < -0.39 is 21.8 Å². The van der Waals surface area contributed by atoms with Crippen molar-refractivity contribution in [2.45, 2.75) is 12.5 Å². The van der Waals surface area contributed by atoms with Crippen molar-refractivity contribution in [1.29, 1.82) is 0 Å². The Morgan fingerprint density at radius 2 is 1.89 bits per heavy atom. The van der Waals surface area contributed by atoms with E-state index in [-0.39, 0.29) is 11.5 Å². The number of hydrogen-bond acceptors (Lipinski definition) is 4. The van der Waals surface area contributed by atoms with Gasteiger partial charge in [0.25, 0.3) is 0 Å². The molecule has 2 rings (SSSR count). The first-order valence-corrected chi connectivity index (χ1v) is 8.15. The molecule has 1 atom stereocenters. The number of halogens is 1. The van der Waals surface area contributed by atoms with Crippen LogP contribution in [0.4, 0.5) is 4.39 Å². The lowest BCUT2D eigenvalue weighted by Crippen LogP contribution is -2.41. The number of sulfone groups is 1. The van der Waals surface area contributed by atoms with Crippen molar-refractivity contribution >= 4 is 9.84 Å². The van der Waals surface area contributed by atoms with E-state index in [0.717, 1.165) is 0 Å². The zero-order valence-electron chi connectivity index (χ0n) is 10.6. The maximum Gasteiger partial charge on any atom is 0.152 e. The highest BCUT2D eigenvalue weighted by Gasteiger charge is 2.22. The van der Waals surface area contributed by atoms with Crippen LogP contribution < -0.4 is 0 Å². The normalized spacial score (nSPS) is 21.2. The Kier molecular flexibility index (Phi) is 4.54. The molecule has 1 N–H and O–H groups in total. The van der Waals surface area contributed by atoms with Gasteiger partial charge in [0.1, 0.15) is 5.82 Å². The molecular weight excluding hydrogens is 269 g/mol. The van der Waals surface area contributed by atoms with E-state index >= 15 is 0 Å². The maximum absolute atomic E-state index is 13.5. The number of aliphatic hydroxyl groups is 1. The smallest absolute Gasteiger partial charge is 0.152 e. The topological polar surface area (TPSA) is 57.6 Å². The van der Waals surface area contributed by atoms with Crippen LogP contribution in [0.1, 0.15) is 18.1 Å². The van der Waals surface area contributed by atoms with Crippen molar-refractivity contribution in [2.75, 3.05) is 31.1 Å². The van der Waals surface area contributed by atoms with Gasteiger partial charge in [0.15, 0.2) is 9.84 Å². The molecule has 4 nitrogen and oxygen atoms in total. The summed E-state index contributed by atoms with van der Waals surface area (Å²) in [6.07, 6.45) is -0.444. The second-order valence-electron chi connectivity index (χ2n) is 4.82. The molecule has 1 aromatic rings. The highest BCUT2D eigenvalue weighted by atomic mass is 32.2. The molecule has 0 saturated carbocycles. The fourth-order valence-electron chi connectivity index (χ4n) is 2.18. The number of benzene rings is 1. The van der Waals surface area contributed by atoms with E-state index in [1.54, 1.807) is 18.2 Å². The molecule has 1 aromatic carbocycles. The van der Waals surface area contributed by atoms with E-state index in [1.165, 1.54) is 6.07 Å². The van der Waals surface area contributed by atoms with Crippen LogP contribution in [0.25, 0.3) is 0 Å². The second-order valence-corrected chi connectivity index (χ2v) is 7.12. The molecule has 6 heteroatoms. The van der Waals surface area contributed by atoms with Gasteiger partial charge in [-0.1, -0.05) is 18.2 Å². The van der Waals surface area contributed by atoms with Crippen LogP contribution in [0, 0.1) is 5.82 Å². The largest absolute Gasteiger partial charge is 0.388 e. The first-order chi connectivity index (χ1) is 8.98. The summed E-state index contributed by atoms with van der Waals surface area (Å²) < 4.78 is 36.0. The lowest BCUT2D eigenvalue weighted by atomic mass is 10.1. The van der Waals surface area contributed by atoms with Gasteiger partial charge >= 0.3 is 0 Å². The Labute approximate surface area is 112 Å². The van der Waals surface area contributed by atoms with Gasteiger partial charge in [-0.15, -0.1) is 0 Å². The molecule has 1 heterocycles. The molecule has 0 aliphatic carbocycles. The standard InChI is InChI=1S/C13H18FNO3S/c14-12-4-2-1-3-11(12)13(16)5-6-15-7-9-19(17,18)10-8-15/h1-4,13,16H,5-10H2. The Hall–Kier alpha value is -0.980. The molecule has 0 spiro atoms. The summed E-state index contributed by atoms with van der Waals surface area (Å²) in [5.74, 6) is -0.0674. The molecule has 1 aliphatic heterocycles. The Balaban J connectivity index is 1.85. The van der Waals surface area contributed by atoms with Gasteiger partial charge in [-0.2, -0.15) is 0 Å². The summed E-state index contributed by atoms with van der Waals surface area (Å²) >= 11 is 0. The van der Waals surface area contributed by atoms with E-state index in [2.05, 4.69) is 0 Å². The van der Waals surface area contributed by atoms with Crippen LogP contribution in [0.15, 0.2) is 24.3 Å². The first kappa shape index (κ1) is 14.4. The lowest BCUT2D eigenvalue weighted by molar-refractivity contribution is 0.141. The predicted octanol–water partition coefficient (Wildman–Crippen LogP) is 0.980. The minimum absolute atomic E-state index is 0.169. The number of rotatable bonds is 4. The number of aliphatic hydroxyl groups excluding tert-OH is 1. The Bertz CT molecular complexity index is 518. The van der Waals surface area contributed by atoms with Crippen molar-refractivity contribution in [3.8, 4) is 0 Å². The van der Waals surface area contributed by atoms with Crippen LogP contribution >= 0.6 is 0 Å². The minimum atomic E-state index is -2.88. The van der Waals surface area contributed by atoms with Crippen LogP contribution in [-0.2, 0) is 9.84 Å². The van der Waals surface area contributed by atoms with Gasteiger partial charge in [0.2, 0.25) is 0 Å². The molecule has 1 unspecified atom stereocenters. The minimum Gasteiger partial charge on any atom is -0.388 e. The number of nitrogens with zero attached hydrogens (tertiary/aromatic N) is 1. The van der Waals surface area contributed by atoms with E-state index in [9.17, 15) is 17.9 Å². The van der Waals surface area contributed by atoms with Crippen LogP contribution in [0.2, 0.25) is 0 Å². The average Bonchev–Trinajstić information content (AvgIpc) is 2.38. The summed E-state index contributed by atoms with van der Waals surface area (Å²) in [6, 6.07) is 6.17. The third kappa shape index (κ3) is 3.99. The van der Waals surface area contributed by atoms with Gasteiger partial charge in [0, 0.05) is 25.2 Å². The van der Waals surface area contributed by atoms with Gasteiger partial charge < -0.3 is 10.0 Å². The maximum atomic E-state index is 13.5. The number of hydrogen-bond donors (Lipinski definition) is 1. The predicted molar refractivity (Wildman–Crippen MR) is 71.1 cm³/mol. The summed E-state index contributed by atoms with van der Waals surface area (Å²) in [5.41, 5.74) is 0.298. The molecule has 1 aliphatic rings. The summed E-state index contributed by atoms with van der Waals surface area (Å²) in [7, 11) is -2.88. The Morgan fingerprint density at radius 3 is 2.53 bits per heavy atom. The van der Waals surface area contributed by atoms with E-state index in [4.69, 9.17) is 0 Å². The third-order valence-electron chi connectivity index (χ3n) is 3.42. The molecule has 0 bridgehead atoms. The molecule has 0 aromatic heterocycles. The average molecular weight is 287 g/mol. The van der Waals surface area contributed by atoms with Crippen molar-refractivity contribution in [3.63, 3.8) is 0 Å². The quantitative estimate of drug-likeness (QED) is 0.897. The molecule has 0 radical (unpaired) electrons. The fourth-order valence-corrected chi connectivity index (χ4v) is 3.46. The van der Waals surface area contributed by atoms with Gasteiger partial charge in [-0.05, 0) is 12.5 Å². The monoisotopic (exact) mass is 287 g/mol. The molecule has 1 fully saturated rings. The van der Waals surface area contributed by atoms with Crippen LogP contribution in [-0.4, -0.2) is 49.6 Å². The van der Waals surface area contributed by atoms with Crippen molar-refractivity contribution in [2.24, 2.45) is 0 Å². The highest BCUT2D eigenvalue weighted by molar-refractivity contribution is 7.91. The van der Waals surface area contributed by atoms with Crippen molar-refractivity contribution < 1.29 is 17.9 Å². The molecular formula is C13H18FNO3S. The van der Waals surface area contributed by atoms with Gasteiger partial charge in [-0.3, -0.25) is 0 Å². The zero-order valence-corrected chi connectivity index (χ0v) is 11.4. The van der Waals surface area contributed by atoms with Crippen molar-refractivity contribution in [1.82, 2.24) is 4.90 Å². The summed E-state index contributed by atoms with van der Waals surface area (Å²) in [6.45, 7) is 1.56. The third-order valence-corrected chi connectivity index (χ3v) is 5.03. The van der Waals surface area contributed by atoms with Crippen LogP contribution in [0.3, 0.4) is 0 Å². The second kappa shape index (κ2) is 5.98. The SMILES string of the molecule is O=S1(=O)CCN(CCC(O)c2ccccc2F)CC1. The van der Waals surface area contributed by atoms with E-state index in [0.29, 0.717) is 31.6 Å². The Morgan fingerprint density at radius 1 is 1.26 bits per heavy atom. The summed E-state index contributed by atoms with van der Waals surface area (Å²) in [5, 5.41) is 9.95.